The minimum atomic E-state index is -1.33. The smallest absolute Gasteiger partial charge is 0.296 e. The first kappa shape index (κ1) is 31.8. The molecular formula is C34H31N5O6S2. The van der Waals surface area contributed by atoms with Crippen LogP contribution in [0, 0.1) is 17.0 Å². The van der Waals surface area contributed by atoms with Crippen LogP contribution < -0.4 is 15.0 Å². The van der Waals surface area contributed by atoms with Crippen LogP contribution >= 0.6 is 23.6 Å². The quantitative estimate of drug-likeness (QED) is 0.104. The number of fused-ring (bicyclic) bond motifs is 3. The molecule has 1 aromatic heterocycles. The molecule has 2 aliphatic heterocycles. The zero-order valence-electron chi connectivity index (χ0n) is 25.7. The number of nitrogens with zero attached hydrogens (tertiary/aromatic N) is 4. The highest BCUT2D eigenvalue weighted by Crippen LogP contribution is 2.43. The van der Waals surface area contributed by atoms with Crippen molar-refractivity contribution >= 4 is 63.1 Å². The Labute approximate surface area is 280 Å². The second kappa shape index (κ2) is 13.7. The van der Waals surface area contributed by atoms with E-state index in [9.17, 15) is 19.7 Å². The Balaban J connectivity index is 1.39. The molecule has 47 heavy (non-hydrogen) atoms. The van der Waals surface area contributed by atoms with E-state index in [1.54, 1.807) is 17.0 Å². The van der Waals surface area contributed by atoms with E-state index in [0.29, 0.717) is 49.0 Å². The fraction of sp³-hybridized carbons (Fsp3) is 0.235. The minimum Gasteiger partial charge on any atom is -0.496 e. The maximum atomic E-state index is 14.0. The summed E-state index contributed by atoms with van der Waals surface area (Å²) in [5.41, 5.74) is 5.49. The second-order valence-electron chi connectivity index (χ2n) is 11.0. The molecule has 4 aromatic rings. The summed E-state index contributed by atoms with van der Waals surface area (Å²) in [4.78, 5) is 46.4. The van der Waals surface area contributed by atoms with Gasteiger partial charge in [-0.05, 0) is 60.8 Å². The van der Waals surface area contributed by atoms with Crippen LogP contribution in [0.25, 0.3) is 0 Å². The highest BCUT2D eigenvalue weighted by atomic mass is 32.1. The van der Waals surface area contributed by atoms with E-state index < -0.39 is 17.1 Å². The average molecular weight is 670 g/mol. The number of nitro groups is 1. The SMILES string of the molecule is COc1ccc(NC(=S)N2CCc3c(sc4c3C(c3ccccc3C)=NC(OC=O)C(=O)N4CCc3ccccc3)C2)c([N+](=O)[O-])c1. The third kappa shape index (κ3) is 6.44. The van der Waals surface area contributed by atoms with E-state index in [4.69, 9.17) is 26.7 Å². The molecule has 0 bridgehead atoms. The number of ether oxygens (including phenoxy) is 2. The maximum Gasteiger partial charge on any atom is 0.296 e. The van der Waals surface area contributed by atoms with E-state index >= 15 is 0 Å². The van der Waals surface area contributed by atoms with E-state index in [1.165, 1.54) is 24.5 Å². The number of hydrogen-bond donors (Lipinski definition) is 1. The molecule has 0 aliphatic carbocycles. The fourth-order valence-electron chi connectivity index (χ4n) is 5.84. The summed E-state index contributed by atoms with van der Waals surface area (Å²) >= 11 is 7.24. The summed E-state index contributed by atoms with van der Waals surface area (Å²) in [6, 6.07) is 22.2. The molecule has 1 amide bonds. The van der Waals surface area contributed by atoms with E-state index in [2.05, 4.69) is 5.32 Å². The fourth-order valence-corrected chi connectivity index (χ4v) is 7.50. The van der Waals surface area contributed by atoms with Crippen molar-refractivity contribution in [1.29, 1.82) is 0 Å². The number of aliphatic imine (C=N–C) groups is 1. The molecule has 1 N–H and O–H groups in total. The lowest BCUT2D eigenvalue weighted by Gasteiger charge is -2.30. The molecule has 0 fully saturated rings. The number of thiocarbonyl (C=S) groups is 1. The molecule has 3 heterocycles. The number of hydrogen-bond acceptors (Lipinski definition) is 9. The number of nitro benzene ring substituents is 1. The van der Waals surface area contributed by atoms with Crippen LogP contribution in [0.1, 0.15) is 32.7 Å². The van der Waals surface area contributed by atoms with Gasteiger partial charge in [-0.2, -0.15) is 0 Å². The lowest BCUT2D eigenvalue weighted by Crippen LogP contribution is -2.40. The number of anilines is 2. The highest BCUT2D eigenvalue weighted by Gasteiger charge is 2.38. The Bertz CT molecular complexity index is 1890. The zero-order valence-corrected chi connectivity index (χ0v) is 27.3. The van der Waals surface area contributed by atoms with Crippen molar-refractivity contribution in [2.45, 2.75) is 32.5 Å². The summed E-state index contributed by atoms with van der Waals surface area (Å²) in [5.74, 6) is -0.0496. The molecule has 6 rings (SSSR count). The number of carbonyl (C=O) groups is 2. The van der Waals surface area contributed by atoms with Crippen LogP contribution in [-0.4, -0.2) is 59.5 Å². The molecule has 0 saturated heterocycles. The number of nitrogens with one attached hydrogen (secondary N) is 1. The van der Waals surface area contributed by atoms with Gasteiger partial charge in [0, 0.05) is 29.1 Å². The van der Waals surface area contributed by atoms with E-state index in [1.807, 2.05) is 66.4 Å². The lowest BCUT2D eigenvalue weighted by molar-refractivity contribution is -0.384. The number of methoxy groups -OCH3 is 1. The normalized spacial score (nSPS) is 15.6. The van der Waals surface area contributed by atoms with Crippen molar-refractivity contribution < 1.29 is 24.0 Å². The van der Waals surface area contributed by atoms with Gasteiger partial charge in [-0.15, -0.1) is 11.3 Å². The Kier molecular flexibility index (Phi) is 9.27. The summed E-state index contributed by atoms with van der Waals surface area (Å²) in [7, 11) is 1.45. The van der Waals surface area contributed by atoms with Gasteiger partial charge < -0.3 is 19.7 Å². The lowest BCUT2D eigenvalue weighted by atomic mass is 9.93. The molecule has 3 aromatic carbocycles. The summed E-state index contributed by atoms with van der Waals surface area (Å²) in [6.07, 6.45) is -0.160. The molecule has 1 atom stereocenters. The first-order valence-electron chi connectivity index (χ1n) is 14.9. The van der Waals surface area contributed by atoms with Crippen LogP contribution in [-0.2, 0) is 33.7 Å². The molecule has 2 aliphatic rings. The van der Waals surface area contributed by atoms with Crippen molar-refractivity contribution in [2.24, 2.45) is 4.99 Å². The molecule has 0 spiro atoms. The van der Waals surface area contributed by atoms with Gasteiger partial charge in [-0.1, -0.05) is 54.6 Å². The zero-order chi connectivity index (χ0) is 33.1. The van der Waals surface area contributed by atoms with Crippen LogP contribution in [0.3, 0.4) is 0 Å². The second-order valence-corrected chi connectivity index (χ2v) is 12.5. The van der Waals surface area contributed by atoms with Gasteiger partial charge >= 0.3 is 0 Å². The van der Waals surface area contributed by atoms with Crippen LogP contribution in [0.2, 0.25) is 0 Å². The molecular weight excluding hydrogens is 639 g/mol. The van der Waals surface area contributed by atoms with Crippen molar-refractivity contribution in [1.82, 2.24) is 4.90 Å². The van der Waals surface area contributed by atoms with Crippen molar-refractivity contribution in [3.63, 3.8) is 0 Å². The Morgan fingerprint density at radius 1 is 1.17 bits per heavy atom. The Morgan fingerprint density at radius 2 is 1.94 bits per heavy atom. The number of amides is 1. The highest BCUT2D eigenvalue weighted by molar-refractivity contribution is 7.80. The standard InChI is InChI=1S/C34H31N5O6S2/c1-21-8-6-7-11-24(21)30-29-25-15-16-37(34(46)35-26-13-12-23(44-2)18-27(26)39(42)43)19-28(25)47-33(29)38(32(41)31(36-30)45-20-40)17-14-22-9-4-3-5-10-22/h3-13,18,20,31H,14-17,19H2,1-2H3,(H,35,46). The van der Waals surface area contributed by atoms with Gasteiger partial charge in [0.25, 0.3) is 24.3 Å². The average Bonchev–Trinajstić information content (AvgIpc) is 3.41. The van der Waals surface area contributed by atoms with Crippen LogP contribution in [0.5, 0.6) is 5.75 Å². The van der Waals surface area contributed by atoms with Gasteiger partial charge in [0.05, 0.1) is 30.4 Å². The molecule has 0 radical (unpaired) electrons. The predicted octanol–water partition coefficient (Wildman–Crippen LogP) is 5.65. The van der Waals surface area contributed by atoms with Crippen molar-refractivity contribution in [2.75, 3.05) is 30.4 Å². The Morgan fingerprint density at radius 3 is 2.66 bits per heavy atom. The van der Waals surface area contributed by atoms with Gasteiger partial charge in [-0.25, -0.2) is 4.99 Å². The molecule has 240 valence electrons. The van der Waals surface area contributed by atoms with E-state index in [-0.39, 0.29) is 17.8 Å². The number of aryl methyl sites for hydroxylation is 1. The minimum absolute atomic E-state index is 0.147. The van der Waals surface area contributed by atoms with Crippen LogP contribution in [0.4, 0.5) is 16.4 Å². The van der Waals surface area contributed by atoms with Gasteiger partial charge in [0.2, 0.25) is 0 Å². The molecule has 0 saturated carbocycles. The molecule has 11 nitrogen and oxygen atoms in total. The summed E-state index contributed by atoms with van der Waals surface area (Å²) < 4.78 is 10.5. The van der Waals surface area contributed by atoms with Gasteiger partial charge in [0.15, 0.2) is 5.11 Å². The largest absolute Gasteiger partial charge is 0.496 e. The van der Waals surface area contributed by atoms with Gasteiger partial charge in [0.1, 0.15) is 16.4 Å². The first-order chi connectivity index (χ1) is 22.8. The van der Waals surface area contributed by atoms with Gasteiger partial charge in [-0.3, -0.25) is 24.6 Å². The summed E-state index contributed by atoms with van der Waals surface area (Å²) in [6.45, 7) is 3.56. The summed E-state index contributed by atoms with van der Waals surface area (Å²) in [5, 5.41) is 15.9. The monoisotopic (exact) mass is 669 g/mol. The van der Waals surface area contributed by atoms with Crippen molar-refractivity contribution in [3.05, 3.63) is 116 Å². The van der Waals surface area contributed by atoms with Crippen LogP contribution in [0.15, 0.2) is 77.8 Å². The number of benzene rings is 3. The third-order valence-electron chi connectivity index (χ3n) is 8.23. The molecule has 1 unspecified atom stereocenters. The first-order valence-corrected chi connectivity index (χ1v) is 16.1. The number of thiophene rings is 1. The number of carbonyl (C=O) groups excluding carboxylic acids is 2. The predicted molar refractivity (Wildman–Crippen MR) is 185 cm³/mol. The maximum absolute atomic E-state index is 14.0. The van der Waals surface area contributed by atoms with Crippen molar-refractivity contribution in [3.8, 4) is 5.75 Å². The Hall–Kier alpha value is -5.14. The van der Waals surface area contributed by atoms with E-state index in [0.717, 1.165) is 37.7 Å². The molecule has 13 heteroatoms. The topological polar surface area (TPSA) is 127 Å². The third-order valence-corrected chi connectivity index (χ3v) is 9.83. The number of rotatable bonds is 9.